The molecule has 1 aliphatic heterocycles. The Labute approximate surface area is 167 Å². The Balaban J connectivity index is 1.88. The molecule has 1 saturated heterocycles. The number of rotatable bonds is 6. The largest absolute Gasteiger partial charge is 0.496 e. The standard InChI is InChI=1S/C17H19BrN2O5S2/c1-25-17-8-7-14(12-16(17)18)26(21,22)19-13-5-4-6-15(11-13)27(23,24)20-9-2-3-10-20/h4-8,11-12,19H,2-3,9-10H2,1H3. The number of hydrogen-bond acceptors (Lipinski definition) is 5. The van der Waals surface area contributed by atoms with Crippen molar-refractivity contribution in [2.75, 3.05) is 24.9 Å². The second-order valence-electron chi connectivity index (χ2n) is 6.04. The van der Waals surface area contributed by atoms with Gasteiger partial charge in [0.1, 0.15) is 5.75 Å². The van der Waals surface area contributed by atoms with Gasteiger partial charge in [0.05, 0.1) is 27.1 Å². The van der Waals surface area contributed by atoms with Gasteiger partial charge in [0, 0.05) is 13.1 Å². The van der Waals surface area contributed by atoms with E-state index in [0.717, 1.165) is 12.8 Å². The van der Waals surface area contributed by atoms with Crippen LogP contribution < -0.4 is 9.46 Å². The lowest BCUT2D eigenvalue weighted by Crippen LogP contribution is -2.27. The summed E-state index contributed by atoms with van der Waals surface area (Å²) in [5.74, 6) is 0.507. The van der Waals surface area contributed by atoms with Gasteiger partial charge in [-0.15, -0.1) is 0 Å². The predicted molar refractivity (Wildman–Crippen MR) is 106 cm³/mol. The highest BCUT2D eigenvalue weighted by molar-refractivity contribution is 9.10. The Hall–Kier alpha value is -1.62. The minimum Gasteiger partial charge on any atom is -0.496 e. The number of nitrogens with zero attached hydrogens (tertiary/aromatic N) is 1. The first-order valence-corrected chi connectivity index (χ1v) is 11.9. The Morgan fingerprint density at radius 2 is 1.70 bits per heavy atom. The number of hydrogen-bond donors (Lipinski definition) is 1. The van der Waals surface area contributed by atoms with Gasteiger partial charge >= 0.3 is 0 Å². The van der Waals surface area contributed by atoms with Gasteiger partial charge in [0.25, 0.3) is 10.0 Å². The third-order valence-corrected chi connectivity index (χ3v) is 8.12. The van der Waals surface area contributed by atoms with Crippen molar-refractivity contribution in [2.24, 2.45) is 0 Å². The predicted octanol–water partition coefficient (Wildman–Crippen LogP) is 3.04. The minimum absolute atomic E-state index is 0.0305. The van der Waals surface area contributed by atoms with E-state index in [2.05, 4.69) is 20.7 Å². The molecule has 10 heteroatoms. The van der Waals surface area contributed by atoms with Crippen LogP contribution in [0.15, 0.2) is 56.7 Å². The van der Waals surface area contributed by atoms with Crippen molar-refractivity contribution in [2.45, 2.75) is 22.6 Å². The highest BCUT2D eigenvalue weighted by Gasteiger charge is 2.27. The maximum Gasteiger partial charge on any atom is 0.261 e. The summed E-state index contributed by atoms with van der Waals surface area (Å²) < 4.78 is 60.1. The molecule has 1 fully saturated rings. The van der Waals surface area contributed by atoms with Crippen LogP contribution in [-0.4, -0.2) is 41.3 Å². The van der Waals surface area contributed by atoms with E-state index in [1.807, 2.05) is 0 Å². The molecule has 0 bridgehead atoms. The van der Waals surface area contributed by atoms with Gasteiger partial charge in [0.15, 0.2) is 0 Å². The average molecular weight is 475 g/mol. The summed E-state index contributed by atoms with van der Waals surface area (Å²) in [4.78, 5) is 0.100. The Morgan fingerprint density at radius 1 is 1.00 bits per heavy atom. The summed E-state index contributed by atoms with van der Waals surface area (Å²) >= 11 is 3.26. The molecule has 146 valence electrons. The zero-order chi connectivity index (χ0) is 19.7. The topological polar surface area (TPSA) is 92.8 Å². The normalized spacial score (nSPS) is 15.6. The van der Waals surface area contributed by atoms with E-state index < -0.39 is 20.0 Å². The molecule has 2 aromatic carbocycles. The van der Waals surface area contributed by atoms with E-state index >= 15 is 0 Å². The molecule has 1 aliphatic rings. The van der Waals surface area contributed by atoms with Crippen molar-refractivity contribution in [1.29, 1.82) is 0 Å². The molecule has 0 atom stereocenters. The molecule has 7 nitrogen and oxygen atoms in total. The zero-order valence-corrected chi connectivity index (χ0v) is 17.8. The van der Waals surface area contributed by atoms with Gasteiger partial charge in [0.2, 0.25) is 10.0 Å². The van der Waals surface area contributed by atoms with Crippen LogP contribution in [0, 0.1) is 0 Å². The molecule has 0 radical (unpaired) electrons. The first-order valence-electron chi connectivity index (χ1n) is 8.20. The first-order chi connectivity index (χ1) is 12.7. The zero-order valence-electron chi connectivity index (χ0n) is 14.6. The quantitative estimate of drug-likeness (QED) is 0.694. The maximum atomic E-state index is 12.7. The lowest BCUT2D eigenvalue weighted by molar-refractivity contribution is 0.411. The van der Waals surface area contributed by atoms with Crippen molar-refractivity contribution in [3.63, 3.8) is 0 Å². The van der Waals surface area contributed by atoms with E-state index in [-0.39, 0.29) is 15.5 Å². The molecule has 3 rings (SSSR count). The number of sulfonamides is 2. The first kappa shape index (κ1) is 20.1. The molecule has 0 aliphatic carbocycles. The van der Waals surface area contributed by atoms with Crippen molar-refractivity contribution in [3.8, 4) is 5.75 Å². The van der Waals surface area contributed by atoms with Crippen LogP contribution in [0.3, 0.4) is 0 Å². The molecule has 0 spiro atoms. The van der Waals surface area contributed by atoms with E-state index in [1.54, 1.807) is 0 Å². The van der Waals surface area contributed by atoms with Crippen LogP contribution in [0.1, 0.15) is 12.8 Å². The van der Waals surface area contributed by atoms with E-state index in [4.69, 9.17) is 4.74 Å². The molecular formula is C17H19BrN2O5S2. The molecule has 1 heterocycles. The lowest BCUT2D eigenvalue weighted by Gasteiger charge is -2.16. The van der Waals surface area contributed by atoms with Gasteiger partial charge in [-0.3, -0.25) is 4.72 Å². The summed E-state index contributed by atoms with van der Waals surface area (Å²) in [5.41, 5.74) is 0.183. The smallest absolute Gasteiger partial charge is 0.261 e. The van der Waals surface area contributed by atoms with Crippen molar-refractivity contribution in [1.82, 2.24) is 4.31 Å². The average Bonchev–Trinajstić information content (AvgIpc) is 3.17. The number of anilines is 1. The highest BCUT2D eigenvalue weighted by Crippen LogP contribution is 2.29. The molecule has 0 aromatic heterocycles. The fourth-order valence-corrected chi connectivity index (χ4v) is 6.16. The fraction of sp³-hybridized carbons (Fsp3) is 0.294. The minimum atomic E-state index is -3.89. The van der Waals surface area contributed by atoms with Gasteiger partial charge < -0.3 is 4.74 Å². The number of nitrogens with one attached hydrogen (secondary N) is 1. The molecule has 0 unspecified atom stereocenters. The van der Waals surface area contributed by atoms with Crippen molar-refractivity contribution in [3.05, 3.63) is 46.9 Å². The number of halogens is 1. The number of benzene rings is 2. The Kier molecular flexibility index (Phi) is 5.80. The van der Waals surface area contributed by atoms with Crippen molar-refractivity contribution < 1.29 is 21.6 Å². The Bertz CT molecular complexity index is 1050. The van der Waals surface area contributed by atoms with Crippen molar-refractivity contribution >= 4 is 41.7 Å². The molecule has 0 amide bonds. The van der Waals surface area contributed by atoms with Crippen LogP contribution in [0.2, 0.25) is 0 Å². The maximum absolute atomic E-state index is 12.7. The molecule has 27 heavy (non-hydrogen) atoms. The van der Waals surface area contributed by atoms with Gasteiger partial charge in [-0.1, -0.05) is 6.07 Å². The monoisotopic (exact) mass is 474 g/mol. The van der Waals surface area contributed by atoms with Crippen LogP contribution in [-0.2, 0) is 20.0 Å². The second kappa shape index (κ2) is 7.78. The summed E-state index contributed by atoms with van der Waals surface area (Å²) in [6, 6.07) is 10.2. The fourth-order valence-electron chi connectivity index (χ4n) is 2.83. The van der Waals surface area contributed by atoms with E-state index in [9.17, 15) is 16.8 Å². The van der Waals surface area contributed by atoms with E-state index in [1.165, 1.54) is 53.9 Å². The van der Waals surface area contributed by atoms with Crippen LogP contribution in [0.25, 0.3) is 0 Å². The highest BCUT2D eigenvalue weighted by atomic mass is 79.9. The van der Waals surface area contributed by atoms with Gasteiger partial charge in [-0.25, -0.2) is 16.8 Å². The summed E-state index contributed by atoms with van der Waals surface area (Å²) in [7, 11) is -6.02. The van der Waals surface area contributed by atoms with Gasteiger partial charge in [-0.05, 0) is 65.2 Å². The molecule has 2 aromatic rings. The molecular weight excluding hydrogens is 456 g/mol. The molecule has 1 N–H and O–H groups in total. The van der Waals surface area contributed by atoms with Crippen LogP contribution in [0.4, 0.5) is 5.69 Å². The second-order valence-corrected chi connectivity index (χ2v) is 10.5. The summed E-state index contributed by atoms with van der Waals surface area (Å²) in [6.45, 7) is 0.969. The SMILES string of the molecule is COc1ccc(S(=O)(=O)Nc2cccc(S(=O)(=O)N3CCCC3)c2)cc1Br. The lowest BCUT2D eigenvalue weighted by atomic mass is 10.3. The number of methoxy groups -OCH3 is 1. The summed E-state index contributed by atoms with van der Waals surface area (Å²) in [6.07, 6.45) is 1.66. The third-order valence-electron chi connectivity index (χ3n) is 4.22. The van der Waals surface area contributed by atoms with E-state index in [0.29, 0.717) is 23.3 Å². The van der Waals surface area contributed by atoms with Crippen LogP contribution >= 0.6 is 15.9 Å². The van der Waals surface area contributed by atoms with Gasteiger partial charge in [-0.2, -0.15) is 4.31 Å². The number of ether oxygens (including phenoxy) is 1. The summed E-state index contributed by atoms with van der Waals surface area (Å²) in [5, 5.41) is 0. The van der Waals surface area contributed by atoms with Crippen LogP contribution in [0.5, 0.6) is 5.75 Å². The third kappa shape index (κ3) is 4.29. The Morgan fingerprint density at radius 3 is 2.33 bits per heavy atom. The molecule has 0 saturated carbocycles.